The molecule has 6 heteroatoms. The molecule has 122 valence electrons. The summed E-state index contributed by atoms with van der Waals surface area (Å²) in [6.07, 6.45) is 1.56. The highest BCUT2D eigenvalue weighted by Gasteiger charge is 2.39. The van der Waals surface area contributed by atoms with E-state index in [1.54, 1.807) is 7.11 Å². The number of hydrogen-bond acceptors (Lipinski definition) is 4. The van der Waals surface area contributed by atoms with Gasteiger partial charge in [-0.25, -0.2) is 0 Å². The van der Waals surface area contributed by atoms with Gasteiger partial charge in [0, 0.05) is 25.6 Å². The fourth-order valence-electron chi connectivity index (χ4n) is 2.42. The number of carbonyl (C=O) groups excluding carboxylic acids is 2. The van der Waals surface area contributed by atoms with Gasteiger partial charge >= 0.3 is 0 Å². The molecule has 0 atom stereocenters. The summed E-state index contributed by atoms with van der Waals surface area (Å²) in [7, 11) is 1.63. The number of rotatable bonds is 6. The van der Waals surface area contributed by atoms with Gasteiger partial charge in [-0.1, -0.05) is 20.8 Å². The van der Waals surface area contributed by atoms with Gasteiger partial charge < -0.3 is 20.7 Å². The van der Waals surface area contributed by atoms with Crippen LogP contribution in [0.2, 0.25) is 0 Å². The molecular weight excluding hydrogens is 270 g/mol. The highest BCUT2D eigenvalue weighted by atomic mass is 16.5. The number of methoxy groups -OCH3 is 1. The lowest BCUT2D eigenvalue weighted by Gasteiger charge is -2.35. The summed E-state index contributed by atoms with van der Waals surface area (Å²) < 4.78 is 5.24. The third-order valence-electron chi connectivity index (χ3n) is 3.84. The molecule has 0 unspecified atom stereocenters. The Morgan fingerprint density at radius 3 is 2.24 bits per heavy atom. The van der Waals surface area contributed by atoms with Crippen LogP contribution < -0.4 is 16.0 Å². The minimum absolute atomic E-state index is 0.00906. The molecule has 1 fully saturated rings. The molecule has 1 aliphatic heterocycles. The summed E-state index contributed by atoms with van der Waals surface area (Å²) in [5, 5.41) is 9.01. The van der Waals surface area contributed by atoms with Crippen LogP contribution in [0.25, 0.3) is 0 Å². The first-order valence-electron chi connectivity index (χ1n) is 7.58. The second-order valence-corrected chi connectivity index (χ2v) is 6.73. The molecule has 0 aliphatic carbocycles. The van der Waals surface area contributed by atoms with Crippen molar-refractivity contribution in [2.45, 2.75) is 33.6 Å². The van der Waals surface area contributed by atoms with E-state index in [9.17, 15) is 9.59 Å². The van der Waals surface area contributed by atoms with Gasteiger partial charge in [-0.05, 0) is 25.9 Å². The second-order valence-electron chi connectivity index (χ2n) is 6.73. The van der Waals surface area contributed by atoms with Crippen LogP contribution in [0.3, 0.4) is 0 Å². The number of hydrogen-bond donors (Lipinski definition) is 3. The predicted molar refractivity (Wildman–Crippen MR) is 81.9 cm³/mol. The number of amides is 2. The Bertz CT molecular complexity index is 352. The van der Waals surface area contributed by atoms with Gasteiger partial charge in [0.1, 0.15) is 0 Å². The maximum atomic E-state index is 12.4. The van der Waals surface area contributed by atoms with Gasteiger partial charge in [0.05, 0.1) is 12.0 Å². The van der Waals surface area contributed by atoms with Gasteiger partial charge in [-0.3, -0.25) is 9.59 Å². The minimum atomic E-state index is -0.436. The summed E-state index contributed by atoms with van der Waals surface area (Å²) in [5.41, 5.74) is -0.843. The summed E-state index contributed by atoms with van der Waals surface area (Å²) >= 11 is 0. The third kappa shape index (κ3) is 5.28. The number of carbonyl (C=O) groups is 2. The van der Waals surface area contributed by atoms with E-state index in [2.05, 4.69) is 16.0 Å². The molecular formula is C15H29N3O3. The van der Waals surface area contributed by atoms with E-state index < -0.39 is 10.8 Å². The SMILES string of the molecule is COCC1(C(=O)NCCNC(=O)C(C)(C)C)CCNCC1. The Kier molecular flexibility index (Phi) is 6.61. The van der Waals surface area contributed by atoms with E-state index >= 15 is 0 Å². The van der Waals surface area contributed by atoms with Gasteiger partial charge in [-0.2, -0.15) is 0 Å². The van der Waals surface area contributed by atoms with Crippen LogP contribution in [0, 0.1) is 10.8 Å². The maximum Gasteiger partial charge on any atom is 0.228 e. The molecule has 0 aromatic carbocycles. The highest BCUT2D eigenvalue weighted by molar-refractivity contribution is 5.83. The van der Waals surface area contributed by atoms with Crippen LogP contribution in [0.1, 0.15) is 33.6 Å². The minimum Gasteiger partial charge on any atom is -0.384 e. The molecule has 3 N–H and O–H groups in total. The summed E-state index contributed by atoms with van der Waals surface area (Å²) in [6.45, 7) is 8.59. The smallest absolute Gasteiger partial charge is 0.228 e. The number of piperidine rings is 1. The van der Waals surface area contributed by atoms with Crippen molar-refractivity contribution < 1.29 is 14.3 Å². The van der Waals surface area contributed by atoms with Gasteiger partial charge in [0.2, 0.25) is 11.8 Å². The van der Waals surface area contributed by atoms with E-state index in [0.717, 1.165) is 25.9 Å². The summed E-state index contributed by atoms with van der Waals surface area (Å²) in [6, 6.07) is 0. The van der Waals surface area contributed by atoms with Crippen LogP contribution in [0.4, 0.5) is 0 Å². The lowest BCUT2D eigenvalue weighted by atomic mass is 9.78. The van der Waals surface area contributed by atoms with Crippen molar-refractivity contribution in [2.24, 2.45) is 10.8 Å². The molecule has 0 bridgehead atoms. The quantitative estimate of drug-likeness (QED) is 0.616. The largest absolute Gasteiger partial charge is 0.384 e. The van der Waals surface area contributed by atoms with Gasteiger partial charge in [-0.15, -0.1) is 0 Å². The molecule has 2 amide bonds. The molecule has 1 rings (SSSR count). The van der Waals surface area contributed by atoms with E-state index in [-0.39, 0.29) is 11.8 Å². The third-order valence-corrected chi connectivity index (χ3v) is 3.84. The van der Waals surface area contributed by atoms with E-state index in [4.69, 9.17) is 4.74 Å². The Balaban J connectivity index is 2.39. The van der Waals surface area contributed by atoms with Crippen molar-refractivity contribution in [3.63, 3.8) is 0 Å². The summed E-state index contributed by atoms with van der Waals surface area (Å²) in [4.78, 5) is 24.1. The Morgan fingerprint density at radius 1 is 1.14 bits per heavy atom. The molecule has 0 aromatic heterocycles. The molecule has 1 heterocycles. The molecule has 0 aromatic rings. The number of nitrogens with one attached hydrogen (secondary N) is 3. The second kappa shape index (κ2) is 7.75. The Labute approximate surface area is 127 Å². The zero-order valence-electron chi connectivity index (χ0n) is 13.7. The normalized spacial score (nSPS) is 18.1. The molecule has 1 saturated heterocycles. The topological polar surface area (TPSA) is 79.5 Å². The molecule has 1 aliphatic rings. The fourth-order valence-corrected chi connectivity index (χ4v) is 2.42. The van der Waals surface area contributed by atoms with Gasteiger partial charge in [0.25, 0.3) is 0 Å². The molecule has 0 spiro atoms. The van der Waals surface area contributed by atoms with Crippen LogP contribution in [-0.4, -0.2) is 51.7 Å². The lowest BCUT2D eigenvalue weighted by molar-refractivity contribution is -0.136. The van der Waals surface area contributed by atoms with Crippen LogP contribution in [-0.2, 0) is 14.3 Å². The van der Waals surface area contributed by atoms with E-state index in [1.807, 2.05) is 20.8 Å². The van der Waals surface area contributed by atoms with Crippen molar-refractivity contribution >= 4 is 11.8 Å². The van der Waals surface area contributed by atoms with Crippen LogP contribution in [0.15, 0.2) is 0 Å². The van der Waals surface area contributed by atoms with Crippen LogP contribution >= 0.6 is 0 Å². The Hall–Kier alpha value is -1.14. The van der Waals surface area contributed by atoms with Gasteiger partial charge in [0.15, 0.2) is 0 Å². The molecule has 0 radical (unpaired) electrons. The summed E-state index contributed by atoms with van der Waals surface area (Å²) in [5.74, 6) is 0.0149. The van der Waals surface area contributed by atoms with Crippen molar-refractivity contribution in [2.75, 3.05) is 39.9 Å². The monoisotopic (exact) mass is 299 g/mol. The van der Waals surface area contributed by atoms with Crippen LogP contribution in [0.5, 0.6) is 0 Å². The maximum absolute atomic E-state index is 12.4. The lowest BCUT2D eigenvalue weighted by Crippen LogP contribution is -2.51. The number of ether oxygens (including phenoxy) is 1. The zero-order valence-corrected chi connectivity index (χ0v) is 13.7. The molecule has 0 saturated carbocycles. The first kappa shape index (κ1) is 17.9. The molecule has 21 heavy (non-hydrogen) atoms. The Morgan fingerprint density at radius 2 is 1.71 bits per heavy atom. The van der Waals surface area contributed by atoms with E-state index in [0.29, 0.717) is 19.7 Å². The average Bonchev–Trinajstić information content (AvgIpc) is 2.43. The standard InChI is InChI=1S/C15H29N3O3/c1-14(2,3)12(19)17-9-10-18-13(20)15(11-21-4)5-7-16-8-6-15/h16H,5-11H2,1-4H3,(H,17,19)(H,18,20). The highest BCUT2D eigenvalue weighted by Crippen LogP contribution is 2.29. The van der Waals surface area contributed by atoms with Crippen molar-refractivity contribution in [3.8, 4) is 0 Å². The predicted octanol–water partition coefficient (Wildman–Crippen LogP) is 0.281. The van der Waals surface area contributed by atoms with Crippen molar-refractivity contribution in [1.82, 2.24) is 16.0 Å². The van der Waals surface area contributed by atoms with Crippen molar-refractivity contribution in [3.05, 3.63) is 0 Å². The average molecular weight is 299 g/mol. The van der Waals surface area contributed by atoms with E-state index in [1.165, 1.54) is 0 Å². The van der Waals surface area contributed by atoms with Crippen molar-refractivity contribution in [1.29, 1.82) is 0 Å². The molecule has 6 nitrogen and oxygen atoms in total. The first-order chi connectivity index (χ1) is 9.82. The first-order valence-corrected chi connectivity index (χ1v) is 7.58. The zero-order chi connectivity index (χ0) is 15.9. The fraction of sp³-hybridized carbons (Fsp3) is 0.867.